The molecule has 2 N–H and O–H groups in total. The number of thioether (sulfide) groups is 1. The molecule has 0 saturated carbocycles. The van der Waals surface area contributed by atoms with E-state index in [2.05, 4.69) is 48.2 Å². The maximum absolute atomic E-state index is 12.9. The number of rotatable bonds is 9. The number of aromatic amines is 1. The third-order valence-corrected chi connectivity index (χ3v) is 5.75. The summed E-state index contributed by atoms with van der Waals surface area (Å²) in [5.74, 6) is 0.367. The second-order valence-corrected chi connectivity index (χ2v) is 9.00. The van der Waals surface area contributed by atoms with Crippen molar-refractivity contribution in [3.8, 4) is 0 Å². The fraction of sp³-hybridized carbons (Fsp3) is 0.435. The summed E-state index contributed by atoms with van der Waals surface area (Å²) < 4.78 is 1.67. The van der Waals surface area contributed by atoms with Gasteiger partial charge in [-0.3, -0.25) is 14.2 Å². The lowest BCUT2D eigenvalue weighted by Crippen LogP contribution is -2.26. The van der Waals surface area contributed by atoms with Gasteiger partial charge in [-0.1, -0.05) is 51.1 Å². The van der Waals surface area contributed by atoms with Crippen LogP contribution in [0.1, 0.15) is 44.9 Å². The number of carbonyl (C=O) groups is 1. The standard InChI is InChI=1S/C23H30N4O2S/c1-5-6-7-17-8-10-18(11-9-17)25-20(28)14-30-23-26-19-12-16(4)24-21(19)22(29)27(23)13-15(2)3/h8-12,15,24H,5-7,13-14H2,1-4H3,(H,25,28). The first kappa shape index (κ1) is 22.2. The van der Waals surface area contributed by atoms with E-state index in [9.17, 15) is 9.59 Å². The van der Waals surface area contributed by atoms with E-state index < -0.39 is 0 Å². The molecule has 0 bridgehead atoms. The minimum Gasteiger partial charge on any atom is -0.353 e. The first-order valence-corrected chi connectivity index (χ1v) is 11.5. The number of H-pyrrole nitrogens is 1. The van der Waals surface area contributed by atoms with Crippen molar-refractivity contribution >= 4 is 34.4 Å². The molecule has 0 aliphatic rings. The highest BCUT2D eigenvalue weighted by atomic mass is 32.2. The van der Waals surface area contributed by atoms with Gasteiger partial charge >= 0.3 is 0 Å². The predicted octanol–water partition coefficient (Wildman–Crippen LogP) is 4.76. The number of nitrogens with one attached hydrogen (secondary N) is 2. The van der Waals surface area contributed by atoms with E-state index in [1.54, 1.807) is 4.57 Å². The minimum absolute atomic E-state index is 0.0904. The quantitative estimate of drug-likeness (QED) is 0.382. The fourth-order valence-corrected chi connectivity index (χ4v) is 4.12. The molecule has 30 heavy (non-hydrogen) atoms. The topological polar surface area (TPSA) is 79.8 Å². The van der Waals surface area contributed by atoms with E-state index >= 15 is 0 Å². The molecule has 0 radical (unpaired) electrons. The third kappa shape index (κ3) is 5.53. The Labute approximate surface area is 181 Å². The number of unbranched alkanes of at least 4 members (excludes halogenated alkanes) is 1. The molecule has 0 unspecified atom stereocenters. The Kier molecular flexibility index (Phi) is 7.37. The molecule has 7 heteroatoms. The van der Waals surface area contributed by atoms with Crippen molar-refractivity contribution in [3.05, 3.63) is 51.9 Å². The van der Waals surface area contributed by atoms with Crippen LogP contribution >= 0.6 is 11.8 Å². The summed E-state index contributed by atoms with van der Waals surface area (Å²) in [6.07, 6.45) is 3.39. The van der Waals surface area contributed by atoms with E-state index in [0.29, 0.717) is 22.7 Å². The molecule has 3 rings (SSSR count). The van der Waals surface area contributed by atoms with Crippen LogP contribution < -0.4 is 10.9 Å². The van der Waals surface area contributed by atoms with Gasteiger partial charge in [-0.2, -0.15) is 0 Å². The van der Waals surface area contributed by atoms with Crippen molar-refractivity contribution in [1.29, 1.82) is 0 Å². The lowest BCUT2D eigenvalue weighted by molar-refractivity contribution is -0.113. The van der Waals surface area contributed by atoms with Crippen molar-refractivity contribution in [2.45, 2.75) is 58.7 Å². The molecule has 0 aliphatic heterocycles. The average molecular weight is 427 g/mol. The van der Waals surface area contributed by atoms with Gasteiger partial charge in [-0.15, -0.1) is 0 Å². The smallest absolute Gasteiger partial charge is 0.278 e. The van der Waals surface area contributed by atoms with Crippen LogP contribution in [-0.2, 0) is 17.8 Å². The average Bonchev–Trinajstić information content (AvgIpc) is 3.08. The summed E-state index contributed by atoms with van der Waals surface area (Å²) in [7, 11) is 0. The molecule has 2 aromatic heterocycles. The zero-order valence-electron chi connectivity index (χ0n) is 18.1. The normalized spacial score (nSPS) is 11.4. The maximum Gasteiger partial charge on any atom is 0.278 e. The Balaban J connectivity index is 1.71. The zero-order valence-corrected chi connectivity index (χ0v) is 18.9. The molecule has 1 amide bonds. The molecule has 6 nitrogen and oxygen atoms in total. The molecule has 1 aromatic carbocycles. The van der Waals surface area contributed by atoms with Gasteiger partial charge in [0.25, 0.3) is 5.56 Å². The highest BCUT2D eigenvalue weighted by molar-refractivity contribution is 7.99. The Hall–Kier alpha value is -2.54. The highest BCUT2D eigenvalue weighted by Gasteiger charge is 2.16. The Bertz CT molecular complexity index is 1070. The predicted molar refractivity (Wildman–Crippen MR) is 124 cm³/mol. The molecular weight excluding hydrogens is 396 g/mol. The van der Waals surface area contributed by atoms with Gasteiger partial charge in [0.15, 0.2) is 5.16 Å². The van der Waals surface area contributed by atoms with Gasteiger partial charge < -0.3 is 10.3 Å². The summed E-state index contributed by atoms with van der Waals surface area (Å²) in [4.78, 5) is 33.1. The third-order valence-electron chi connectivity index (χ3n) is 4.77. The Morgan fingerprint density at radius 1 is 1.27 bits per heavy atom. The number of carbonyl (C=O) groups excluding carboxylic acids is 1. The monoisotopic (exact) mass is 426 g/mol. The highest BCUT2D eigenvalue weighted by Crippen LogP contribution is 2.20. The number of amides is 1. The van der Waals surface area contributed by atoms with Gasteiger partial charge in [0.05, 0.1) is 11.3 Å². The summed E-state index contributed by atoms with van der Waals surface area (Å²) in [5.41, 5.74) is 4.03. The summed E-state index contributed by atoms with van der Waals surface area (Å²) in [5, 5.41) is 3.50. The van der Waals surface area contributed by atoms with Gasteiger partial charge in [-0.05, 0) is 49.4 Å². The lowest BCUT2D eigenvalue weighted by Gasteiger charge is -2.14. The van der Waals surface area contributed by atoms with E-state index in [1.165, 1.54) is 30.2 Å². The van der Waals surface area contributed by atoms with Crippen LogP contribution in [0.5, 0.6) is 0 Å². The first-order valence-electron chi connectivity index (χ1n) is 10.5. The maximum atomic E-state index is 12.9. The van der Waals surface area contributed by atoms with E-state index in [1.807, 2.05) is 25.1 Å². The summed E-state index contributed by atoms with van der Waals surface area (Å²) in [6, 6.07) is 9.86. The Morgan fingerprint density at radius 3 is 2.67 bits per heavy atom. The largest absolute Gasteiger partial charge is 0.353 e. The molecule has 0 atom stereocenters. The zero-order chi connectivity index (χ0) is 21.7. The van der Waals surface area contributed by atoms with Crippen LogP contribution in [0.3, 0.4) is 0 Å². The molecule has 160 valence electrons. The number of hydrogen-bond acceptors (Lipinski definition) is 4. The molecule has 0 aliphatic carbocycles. The van der Waals surface area contributed by atoms with Crippen LogP contribution in [0, 0.1) is 12.8 Å². The SMILES string of the molecule is CCCCc1ccc(NC(=O)CSc2nc3cc(C)[nH]c3c(=O)n2CC(C)C)cc1. The van der Waals surface area contributed by atoms with Gasteiger partial charge in [0.2, 0.25) is 5.91 Å². The summed E-state index contributed by atoms with van der Waals surface area (Å²) in [6.45, 7) is 8.76. The Morgan fingerprint density at radius 2 is 2.00 bits per heavy atom. The van der Waals surface area contributed by atoms with Gasteiger partial charge in [-0.25, -0.2) is 4.98 Å². The first-order chi connectivity index (χ1) is 14.4. The number of fused-ring (bicyclic) bond motifs is 1. The molecule has 3 aromatic rings. The van der Waals surface area contributed by atoms with Crippen molar-refractivity contribution in [2.24, 2.45) is 5.92 Å². The van der Waals surface area contributed by atoms with Crippen LogP contribution in [0.25, 0.3) is 11.0 Å². The number of aryl methyl sites for hydroxylation is 2. The molecule has 2 heterocycles. The number of nitrogens with zero attached hydrogens (tertiary/aromatic N) is 2. The van der Waals surface area contributed by atoms with Gasteiger partial charge in [0.1, 0.15) is 5.52 Å². The second-order valence-electron chi connectivity index (χ2n) is 8.05. The summed E-state index contributed by atoms with van der Waals surface area (Å²) >= 11 is 1.29. The van der Waals surface area contributed by atoms with E-state index in [-0.39, 0.29) is 23.1 Å². The van der Waals surface area contributed by atoms with Crippen molar-refractivity contribution in [1.82, 2.24) is 14.5 Å². The fourth-order valence-electron chi connectivity index (χ4n) is 3.31. The van der Waals surface area contributed by atoms with Crippen LogP contribution in [0.2, 0.25) is 0 Å². The van der Waals surface area contributed by atoms with E-state index in [0.717, 1.165) is 17.8 Å². The second kappa shape index (κ2) is 9.98. The number of hydrogen-bond donors (Lipinski definition) is 2. The number of anilines is 1. The van der Waals surface area contributed by atoms with Crippen molar-refractivity contribution in [3.63, 3.8) is 0 Å². The van der Waals surface area contributed by atoms with Crippen molar-refractivity contribution < 1.29 is 4.79 Å². The molecule has 0 fully saturated rings. The van der Waals surface area contributed by atoms with Crippen LogP contribution in [0.4, 0.5) is 5.69 Å². The molecule has 0 spiro atoms. The van der Waals surface area contributed by atoms with E-state index in [4.69, 9.17) is 0 Å². The van der Waals surface area contributed by atoms with Gasteiger partial charge in [0, 0.05) is 17.9 Å². The molecular formula is C23H30N4O2S. The van der Waals surface area contributed by atoms with Crippen LogP contribution in [-0.4, -0.2) is 26.2 Å². The van der Waals surface area contributed by atoms with Crippen molar-refractivity contribution in [2.75, 3.05) is 11.1 Å². The number of benzene rings is 1. The molecule has 0 saturated heterocycles. The van der Waals surface area contributed by atoms with Crippen LogP contribution in [0.15, 0.2) is 40.3 Å². The lowest BCUT2D eigenvalue weighted by atomic mass is 10.1. The number of aromatic nitrogens is 3. The minimum atomic E-state index is -0.114.